The fourth-order valence-corrected chi connectivity index (χ4v) is 11.0. The maximum Gasteiger partial charge on any atom is 0.302 e. The third-order valence-corrected chi connectivity index (χ3v) is 12.6. The van der Waals surface area contributed by atoms with Gasteiger partial charge in [0.05, 0.1) is 17.7 Å². The predicted molar refractivity (Wildman–Crippen MR) is 139 cm³/mol. The largest absolute Gasteiger partial charge is 0.463 e. The number of carbonyl (C=O) groups is 3. The molecule has 0 radical (unpaired) electrons. The summed E-state index contributed by atoms with van der Waals surface area (Å²) >= 11 is 0. The van der Waals surface area contributed by atoms with Gasteiger partial charge in [-0.3, -0.25) is 14.4 Å². The van der Waals surface area contributed by atoms with E-state index >= 15 is 0 Å². The number of fused-ring (bicyclic) bond motifs is 6. The highest BCUT2D eigenvalue weighted by Crippen LogP contribution is 2.67. The molecule has 0 aromatic heterocycles. The zero-order chi connectivity index (χ0) is 26.4. The normalized spacial score (nSPS) is 52.8. The SMILES string of the molecule is CC(=O)OC1CCC2(C)C(CCC3C4CCC5(OC6CC(C)CN(C(C)=O)C6C5C)C(C)C4C(=O)C32)C1. The second-order valence-electron chi connectivity index (χ2n) is 14.2. The van der Waals surface area contributed by atoms with Gasteiger partial charge in [0, 0.05) is 38.1 Å². The Morgan fingerprint density at radius 3 is 2.43 bits per heavy atom. The number of piperidine rings is 1. The molecule has 4 saturated carbocycles. The van der Waals surface area contributed by atoms with Crippen molar-refractivity contribution in [2.75, 3.05) is 6.54 Å². The lowest BCUT2D eigenvalue weighted by Crippen LogP contribution is -2.55. The predicted octanol–water partition coefficient (Wildman–Crippen LogP) is 5.03. The number of Topliss-reactive ketones (excluding diaryl/α,β-unsaturated/α-hetero) is 1. The standard InChI is InChI=1S/C31H47NO5/c1-16-13-25-28(32(15-16)19(4)33)18(3)31(37-25)12-10-23-24-8-7-21-14-22(36-20(5)34)9-11-30(21,6)27(24)29(35)26(23)17(31)2/h16-18,21-28H,7-15H2,1-6H3. The topological polar surface area (TPSA) is 72.9 Å². The van der Waals surface area contributed by atoms with E-state index in [2.05, 4.69) is 32.6 Å². The molecule has 2 heterocycles. The Morgan fingerprint density at radius 1 is 0.973 bits per heavy atom. The smallest absolute Gasteiger partial charge is 0.302 e. The molecule has 1 spiro atoms. The summed E-state index contributed by atoms with van der Waals surface area (Å²) in [7, 11) is 0. The Kier molecular flexibility index (Phi) is 6.14. The second kappa shape index (κ2) is 8.79. The van der Waals surface area contributed by atoms with Crippen molar-refractivity contribution in [1.82, 2.24) is 4.90 Å². The van der Waals surface area contributed by atoms with Crippen molar-refractivity contribution in [3.63, 3.8) is 0 Å². The number of amides is 1. The van der Waals surface area contributed by atoms with E-state index in [4.69, 9.17) is 9.47 Å². The fraction of sp³-hybridized carbons (Fsp3) is 0.903. The molecule has 6 rings (SSSR count). The van der Waals surface area contributed by atoms with E-state index < -0.39 is 0 Å². The molecular formula is C31H47NO5. The quantitative estimate of drug-likeness (QED) is 0.460. The molecule has 0 bridgehead atoms. The minimum atomic E-state index is -0.315. The number of carbonyl (C=O) groups excluding carboxylic acids is 3. The molecule has 2 aliphatic heterocycles. The van der Waals surface area contributed by atoms with Crippen molar-refractivity contribution in [2.24, 2.45) is 52.8 Å². The lowest BCUT2D eigenvalue weighted by Gasteiger charge is -2.53. The Morgan fingerprint density at radius 2 is 1.73 bits per heavy atom. The number of ether oxygens (including phenoxy) is 2. The molecular weight excluding hydrogens is 466 g/mol. The van der Waals surface area contributed by atoms with Crippen molar-refractivity contribution >= 4 is 17.7 Å². The molecule has 13 unspecified atom stereocenters. The van der Waals surface area contributed by atoms with Crippen molar-refractivity contribution in [1.29, 1.82) is 0 Å². The molecule has 2 saturated heterocycles. The van der Waals surface area contributed by atoms with Crippen molar-refractivity contribution < 1.29 is 23.9 Å². The van der Waals surface area contributed by atoms with Gasteiger partial charge in [0.1, 0.15) is 11.9 Å². The second-order valence-corrected chi connectivity index (χ2v) is 14.2. The van der Waals surface area contributed by atoms with Gasteiger partial charge in [0.15, 0.2) is 0 Å². The molecule has 6 fully saturated rings. The van der Waals surface area contributed by atoms with E-state index in [1.807, 2.05) is 0 Å². The summed E-state index contributed by atoms with van der Waals surface area (Å²) in [5.41, 5.74) is -0.303. The summed E-state index contributed by atoms with van der Waals surface area (Å²) in [6.07, 6.45) is 8.20. The first-order valence-corrected chi connectivity index (χ1v) is 15.1. The zero-order valence-corrected chi connectivity index (χ0v) is 23.7. The van der Waals surface area contributed by atoms with Crippen LogP contribution in [-0.4, -0.2) is 53.0 Å². The first-order chi connectivity index (χ1) is 17.5. The maximum atomic E-state index is 14.5. The van der Waals surface area contributed by atoms with Gasteiger partial charge in [-0.05, 0) is 86.4 Å². The number of likely N-dealkylation sites (tertiary alicyclic amines) is 1. The molecule has 37 heavy (non-hydrogen) atoms. The monoisotopic (exact) mass is 513 g/mol. The van der Waals surface area contributed by atoms with Crippen LogP contribution in [0.4, 0.5) is 0 Å². The van der Waals surface area contributed by atoms with Crippen LogP contribution in [0.15, 0.2) is 0 Å². The van der Waals surface area contributed by atoms with Crippen LogP contribution in [0, 0.1) is 52.8 Å². The van der Waals surface area contributed by atoms with Crippen LogP contribution in [0.1, 0.15) is 92.9 Å². The van der Waals surface area contributed by atoms with Crippen LogP contribution in [0.2, 0.25) is 0 Å². The average Bonchev–Trinajstić information content (AvgIpc) is 3.28. The molecule has 0 aromatic rings. The Labute approximate surface area is 222 Å². The molecule has 13 atom stereocenters. The molecule has 0 aromatic carbocycles. The van der Waals surface area contributed by atoms with Crippen molar-refractivity contribution in [2.45, 2.75) is 117 Å². The van der Waals surface area contributed by atoms with E-state index in [0.29, 0.717) is 29.5 Å². The molecule has 0 N–H and O–H groups in total. The van der Waals surface area contributed by atoms with Gasteiger partial charge in [-0.2, -0.15) is 0 Å². The van der Waals surface area contributed by atoms with E-state index in [9.17, 15) is 14.4 Å². The minimum Gasteiger partial charge on any atom is -0.463 e. The molecule has 4 aliphatic carbocycles. The fourth-order valence-electron chi connectivity index (χ4n) is 11.0. The number of ketones is 1. The van der Waals surface area contributed by atoms with E-state index in [1.165, 1.54) is 6.92 Å². The van der Waals surface area contributed by atoms with Gasteiger partial charge in [0.2, 0.25) is 5.91 Å². The number of hydrogen-bond acceptors (Lipinski definition) is 5. The average molecular weight is 514 g/mol. The van der Waals surface area contributed by atoms with Gasteiger partial charge in [0.25, 0.3) is 0 Å². The van der Waals surface area contributed by atoms with Gasteiger partial charge >= 0.3 is 5.97 Å². The van der Waals surface area contributed by atoms with Crippen molar-refractivity contribution in [3.05, 3.63) is 0 Å². The lowest BCUT2D eigenvalue weighted by molar-refractivity contribution is -0.157. The molecule has 6 aliphatic rings. The van der Waals surface area contributed by atoms with Gasteiger partial charge in [-0.15, -0.1) is 0 Å². The van der Waals surface area contributed by atoms with Crippen molar-refractivity contribution in [3.8, 4) is 0 Å². The summed E-state index contributed by atoms with van der Waals surface area (Å²) in [5, 5.41) is 0. The van der Waals surface area contributed by atoms with Crippen LogP contribution in [-0.2, 0) is 23.9 Å². The third kappa shape index (κ3) is 3.63. The van der Waals surface area contributed by atoms with Gasteiger partial charge in [-0.25, -0.2) is 0 Å². The number of rotatable bonds is 1. The summed E-state index contributed by atoms with van der Waals surface area (Å²) in [5.74, 6) is 2.92. The summed E-state index contributed by atoms with van der Waals surface area (Å²) in [6, 6.07) is 0.130. The highest BCUT2D eigenvalue weighted by Gasteiger charge is 2.69. The van der Waals surface area contributed by atoms with E-state index in [0.717, 1.165) is 57.9 Å². The highest BCUT2D eigenvalue weighted by molar-refractivity contribution is 5.88. The number of nitrogens with zero attached hydrogens (tertiary/aromatic N) is 1. The van der Waals surface area contributed by atoms with E-state index in [1.54, 1.807) is 6.92 Å². The van der Waals surface area contributed by atoms with Crippen LogP contribution in [0.3, 0.4) is 0 Å². The van der Waals surface area contributed by atoms with Crippen LogP contribution < -0.4 is 0 Å². The first kappa shape index (κ1) is 25.8. The molecule has 6 nitrogen and oxygen atoms in total. The highest BCUT2D eigenvalue weighted by atomic mass is 16.5. The molecule has 206 valence electrons. The summed E-state index contributed by atoms with van der Waals surface area (Å²) in [6.45, 7) is 13.2. The Balaban J connectivity index is 1.27. The van der Waals surface area contributed by atoms with Crippen LogP contribution in [0.25, 0.3) is 0 Å². The Hall–Kier alpha value is -1.43. The molecule has 6 heteroatoms. The zero-order valence-electron chi connectivity index (χ0n) is 23.7. The lowest BCUT2D eigenvalue weighted by atomic mass is 9.52. The third-order valence-electron chi connectivity index (χ3n) is 12.6. The summed E-state index contributed by atoms with van der Waals surface area (Å²) in [4.78, 5) is 40.8. The van der Waals surface area contributed by atoms with E-state index in [-0.39, 0.29) is 64.8 Å². The maximum absolute atomic E-state index is 14.5. The molecule has 1 amide bonds. The van der Waals surface area contributed by atoms with Crippen LogP contribution in [0.5, 0.6) is 0 Å². The number of hydrogen-bond donors (Lipinski definition) is 0. The summed E-state index contributed by atoms with van der Waals surface area (Å²) < 4.78 is 12.7. The van der Waals surface area contributed by atoms with Crippen LogP contribution >= 0.6 is 0 Å². The number of esters is 1. The van der Waals surface area contributed by atoms with Gasteiger partial charge in [-0.1, -0.05) is 27.7 Å². The minimum absolute atomic E-state index is 0.01000. The first-order valence-electron chi connectivity index (χ1n) is 15.1. The van der Waals surface area contributed by atoms with Gasteiger partial charge < -0.3 is 14.4 Å². The Bertz CT molecular complexity index is 981.